The van der Waals surface area contributed by atoms with Crippen molar-refractivity contribution in [3.8, 4) is 5.75 Å². The number of hydrogen-bond acceptors (Lipinski definition) is 3. The first-order valence-corrected chi connectivity index (χ1v) is 5.20. The number of aromatic hydroxyl groups is 1. The Balaban J connectivity index is 2.52. The Kier molecular flexibility index (Phi) is 1.89. The molecule has 0 saturated carbocycles. The first-order valence-electron chi connectivity index (χ1n) is 5.20. The van der Waals surface area contributed by atoms with Gasteiger partial charge in [-0.1, -0.05) is 18.2 Å². The van der Waals surface area contributed by atoms with E-state index >= 15 is 0 Å². The molecule has 0 radical (unpaired) electrons. The first-order chi connectivity index (χ1) is 8.18. The van der Waals surface area contributed by atoms with Crippen LogP contribution in [0.2, 0.25) is 0 Å². The highest BCUT2D eigenvalue weighted by molar-refractivity contribution is 6.27. The molecule has 2 aromatic carbocycles. The molecular formula is C14H8O3. The van der Waals surface area contributed by atoms with E-state index in [-0.39, 0.29) is 17.3 Å². The van der Waals surface area contributed by atoms with E-state index in [0.29, 0.717) is 16.5 Å². The fourth-order valence-electron chi connectivity index (χ4n) is 2.15. The molecule has 0 heterocycles. The lowest BCUT2D eigenvalue weighted by molar-refractivity contribution is 0.0995. The molecule has 0 amide bonds. The first kappa shape index (κ1) is 9.78. The SMILES string of the molecule is O=C1C=CC(=O)c2c1ccc1cccc(O)c21. The largest absolute Gasteiger partial charge is 0.507 e. The zero-order valence-corrected chi connectivity index (χ0v) is 8.81. The van der Waals surface area contributed by atoms with Gasteiger partial charge < -0.3 is 5.11 Å². The van der Waals surface area contributed by atoms with Gasteiger partial charge in [0.2, 0.25) is 0 Å². The Morgan fingerprint density at radius 3 is 2.47 bits per heavy atom. The molecule has 17 heavy (non-hydrogen) atoms. The van der Waals surface area contributed by atoms with E-state index in [0.717, 1.165) is 5.39 Å². The van der Waals surface area contributed by atoms with Crippen LogP contribution in [-0.4, -0.2) is 16.7 Å². The Bertz CT molecular complexity index is 696. The average molecular weight is 224 g/mol. The van der Waals surface area contributed by atoms with Crippen LogP contribution in [0.4, 0.5) is 0 Å². The predicted octanol–water partition coefficient (Wildman–Crippen LogP) is 2.48. The number of allylic oxidation sites excluding steroid dienone is 2. The molecule has 2 aromatic rings. The molecule has 0 aliphatic heterocycles. The Labute approximate surface area is 97.0 Å². The second kappa shape index (κ2) is 3.28. The Morgan fingerprint density at radius 2 is 1.65 bits per heavy atom. The van der Waals surface area contributed by atoms with E-state index in [1.165, 1.54) is 18.2 Å². The number of ketones is 2. The normalized spacial score (nSPS) is 14.1. The van der Waals surface area contributed by atoms with E-state index in [4.69, 9.17) is 0 Å². The molecule has 1 N–H and O–H groups in total. The molecule has 82 valence electrons. The van der Waals surface area contributed by atoms with Gasteiger partial charge in [0.15, 0.2) is 11.6 Å². The number of rotatable bonds is 0. The quantitative estimate of drug-likeness (QED) is 0.747. The van der Waals surface area contributed by atoms with Gasteiger partial charge in [-0.15, -0.1) is 0 Å². The monoisotopic (exact) mass is 224 g/mol. The van der Waals surface area contributed by atoms with E-state index in [9.17, 15) is 14.7 Å². The maximum absolute atomic E-state index is 11.8. The lowest BCUT2D eigenvalue weighted by Crippen LogP contribution is -2.11. The van der Waals surface area contributed by atoms with Crippen LogP contribution >= 0.6 is 0 Å². The van der Waals surface area contributed by atoms with Crippen LogP contribution in [0.1, 0.15) is 20.7 Å². The summed E-state index contributed by atoms with van der Waals surface area (Å²) in [5.74, 6) is -0.424. The van der Waals surface area contributed by atoms with Gasteiger partial charge in [0.05, 0.1) is 0 Å². The summed E-state index contributed by atoms with van der Waals surface area (Å²) in [5.41, 5.74) is 0.652. The molecule has 3 nitrogen and oxygen atoms in total. The molecule has 0 aromatic heterocycles. The molecule has 3 heteroatoms. The van der Waals surface area contributed by atoms with Crippen molar-refractivity contribution in [2.45, 2.75) is 0 Å². The van der Waals surface area contributed by atoms with Crippen molar-refractivity contribution in [1.29, 1.82) is 0 Å². The van der Waals surface area contributed by atoms with Gasteiger partial charge in [-0.2, -0.15) is 0 Å². The smallest absolute Gasteiger partial charge is 0.187 e. The summed E-state index contributed by atoms with van der Waals surface area (Å²) in [7, 11) is 0. The number of carbonyl (C=O) groups excluding carboxylic acids is 2. The standard InChI is InChI=1S/C14H8O3/c15-10-6-7-12(17)14-9(10)5-4-8-2-1-3-11(16)13(8)14/h1-7,16H. The van der Waals surface area contributed by atoms with E-state index < -0.39 is 0 Å². The van der Waals surface area contributed by atoms with E-state index in [1.54, 1.807) is 24.3 Å². The molecule has 3 rings (SSSR count). The van der Waals surface area contributed by atoms with Gasteiger partial charge in [-0.25, -0.2) is 0 Å². The fourth-order valence-corrected chi connectivity index (χ4v) is 2.15. The van der Waals surface area contributed by atoms with Crippen molar-refractivity contribution in [2.24, 2.45) is 0 Å². The fraction of sp³-hybridized carbons (Fsp3) is 0. The highest BCUT2D eigenvalue weighted by Gasteiger charge is 2.22. The Morgan fingerprint density at radius 1 is 0.882 bits per heavy atom. The highest BCUT2D eigenvalue weighted by Crippen LogP contribution is 2.32. The second-order valence-electron chi connectivity index (χ2n) is 3.93. The third kappa shape index (κ3) is 1.29. The average Bonchev–Trinajstić information content (AvgIpc) is 2.33. The van der Waals surface area contributed by atoms with Crippen LogP contribution in [0.15, 0.2) is 42.5 Å². The maximum atomic E-state index is 11.8. The number of benzene rings is 2. The van der Waals surface area contributed by atoms with Crippen LogP contribution in [-0.2, 0) is 0 Å². The molecule has 1 aliphatic carbocycles. The lowest BCUT2D eigenvalue weighted by atomic mass is 9.89. The molecule has 0 fully saturated rings. The van der Waals surface area contributed by atoms with Crippen LogP contribution in [0.5, 0.6) is 5.75 Å². The summed E-state index contributed by atoms with van der Waals surface area (Å²) in [6, 6.07) is 8.37. The summed E-state index contributed by atoms with van der Waals surface area (Å²) in [6.45, 7) is 0. The van der Waals surface area contributed by atoms with Gasteiger partial charge in [0, 0.05) is 16.5 Å². The minimum Gasteiger partial charge on any atom is -0.507 e. The minimum absolute atomic E-state index is 0.0239. The summed E-state index contributed by atoms with van der Waals surface area (Å²) in [6.07, 6.45) is 2.51. The lowest BCUT2D eigenvalue weighted by Gasteiger charge is -2.12. The van der Waals surface area contributed by atoms with Gasteiger partial charge in [-0.3, -0.25) is 9.59 Å². The minimum atomic E-state index is -0.244. The van der Waals surface area contributed by atoms with Gasteiger partial charge in [-0.05, 0) is 29.7 Å². The maximum Gasteiger partial charge on any atom is 0.187 e. The molecule has 0 spiro atoms. The van der Waals surface area contributed by atoms with Crippen molar-refractivity contribution in [3.05, 3.63) is 53.6 Å². The number of fused-ring (bicyclic) bond motifs is 3. The topological polar surface area (TPSA) is 54.4 Å². The molecule has 0 unspecified atom stereocenters. The molecule has 0 bridgehead atoms. The van der Waals surface area contributed by atoms with Crippen LogP contribution in [0.3, 0.4) is 0 Å². The van der Waals surface area contributed by atoms with E-state index in [1.807, 2.05) is 0 Å². The van der Waals surface area contributed by atoms with Crippen LogP contribution in [0.25, 0.3) is 10.8 Å². The number of hydrogen-bond donors (Lipinski definition) is 1. The molecule has 0 atom stereocenters. The Hall–Kier alpha value is -2.42. The molecular weight excluding hydrogens is 216 g/mol. The third-order valence-electron chi connectivity index (χ3n) is 2.92. The van der Waals surface area contributed by atoms with Crippen molar-refractivity contribution < 1.29 is 14.7 Å². The second-order valence-corrected chi connectivity index (χ2v) is 3.93. The zero-order chi connectivity index (χ0) is 12.0. The van der Waals surface area contributed by atoms with Gasteiger partial charge in [0.25, 0.3) is 0 Å². The molecule has 0 saturated heterocycles. The number of carbonyl (C=O) groups is 2. The number of phenolic OH excluding ortho intramolecular Hbond substituents is 1. The summed E-state index contributed by atoms with van der Waals surface area (Å²) < 4.78 is 0. The summed E-state index contributed by atoms with van der Waals surface area (Å²) in [4.78, 5) is 23.5. The predicted molar refractivity (Wildman–Crippen MR) is 63.4 cm³/mol. The van der Waals surface area contributed by atoms with Crippen molar-refractivity contribution in [3.63, 3.8) is 0 Å². The van der Waals surface area contributed by atoms with E-state index in [2.05, 4.69) is 0 Å². The van der Waals surface area contributed by atoms with Gasteiger partial charge >= 0.3 is 0 Å². The van der Waals surface area contributed by atoms with Crippen molar-refractivity contribution >= 4 is 22.3 Å². The van der Waals surface area contributed by atoms with Crippen LogP contribution in [0, 0.1) is 0 Å². The van der Waals surface area contributed by atoms with Crippen molar-refractivity contribution in [2.75, 3.05) is 0 Å². The number of phenols is 1. The summed E-state index contributed by atoms with van der Waals surface area (Å²) in [5, 5.41) is 11.0. The van der Waals surface area contributed by atoms with Crippen LogP contribution < -0.4 is 0 Å². The summed E-state index contributed by atoms with van der Waals surface area (Å²) >= 11 is 0. The zero-order valence-electron chi connectivity index (χ0n) is 8.81. The van der Waals surface area contributed by atoms with Gasteiger partial charge in [0.1, 0.15) is 5.75 Å². The van der Waals surface area contributed by atoms with Crippen molar-refractivity contribution in [1.82, 2.24) is 0 Å². The molecule has 1 aliphatic rings. The third-order valence-corrected chi connectivity index (χ3v) is 2.92. The highest BCUT2D eigenvalue weighted by atomic mass is 16.3.